The Kier molecular flexibility index (Phi) is 5.67. The number of halogens is 1. The fourth-order valence-electron chi connectivity index (χ4n) is 4.62. The van der Waals surface area contributed by atoms with Gasteiger partial charge in [-0.15, -0.1) is 0 Å². The van der Waals surface area contributed by atoms with E-state index in [2.05, 4.69) is 10.6 Å². The highest BCUT2D eigenvalue weighted by Crippen LogP contribution is 2.46. The third kappa shape index (κ3) is 3.27. The largest absolute Gasteiger partial charge is 0.480 e. The van der Waals surface area contributed by atoms with Crippen LogP contribution in [0.15, 0.2) is 12.1 Å². The number of benzene rings is 1. The molecule has 3 rings (SSSR count). The minimum atomic E-state index is -1.40. The van der Waals surface area contributed by atoms with Gasteiger partial charge in [0.2, 0.25) is 0 Å². The molecule has 0 bridgehead atoms. The second-order valence-corrected chi connectivity index (χ2v) is 7.36. The topological polar surface area (TPSA) is 102 Å². The van der Waals surface area contributed by atoms with E-state index in [-0.39, 0.29) is 24.1 Å². The lowest BCUT2D eigenvalue weighted by atomic mass is 9.76. The van der Waals surface area contributed by atoms with Crippen LogP contribution in [0.1, 0.15) is 48.4 Å². The van der Waals surface area contributed by atoms with Gasteiger partial charge in [0, 0.05) is 11.6 Å². The molecule has 0 spiro atoms. The summed E-state index contributed by atoms with van der Waals surface area (Å²) in [5.74, 6) is -1.54. The van der Waals surface area contributed by atoms with E-state index in [0.29, 0.717) is 30.4 Å². The van der Waals surface area contributed by atoms with Gasteiger partial charge in [0.1, 0.15) is 11.4 Å². The molecule has 6 nitrogen and oxygen atoms in total. The maximum atomic E-state index is 14.7. The number of fused-ring (bicyclic) bond motifs is 1. The van der Waals surface area contributed by atoms with E-state index in [4.69, 9.17) is 10.0 Å². The quantitative estimate of drug-likeness (QED) is 0.466. The molecule has 0 saturated carbocycles. The van der Waals surface area contributed by atoms with Gasteiger partial charge in [0.25, 0.3) is 0 Å². The number of carbonyl (C=O) groups is 1. The standard InChI is InChI=1S/C18H26BFN2O4/c1-21-18(17(23)24)12(4-2-6-19(25)26)8-11-9-15(20)13(10-14(11)18)16-5-3-7-22-16/h9-10,12,16,21-22,25-26H,2-8H2,1H3,(H,23,24)/t12-,16+,18+/m0/s1. The first-order chi connectivity index (χ1) is 12.4. The van der Waals surface area contributed by atoms with Crippen molar-refractivity contribution in [3.63, 3.8) is 0 Å². The normalized spacial score (nSPS) is 27.5. The molecule has 8 heteroatoms. The van der Waals surface area contributed by atoms with Crippen LogP contribution in [0.25, 0.3) is 0 Å². The maximum absolute atomic E-state index is 14.7. The molecule has 1 aliphatic carbocycles. The first kappa shape index (κ1) is 19.3. The van der Waals surface area contributed by atoms with Gasteiger partial charge in [-0.1, -0.05) is 6.42 Å². The van der Waals surface area contributed by atoms with Gasteiger partial charge in [-0.3, -0.25) is 0 Å². The molecule has 1 heterocycles. The average molecular weight is 364 g/mol. The van der Waals surface area contributed by atoms with Crippen molar-refractivity contribution in [2.75, 3.05) is 13.6 Å². The Morgan fingerprint density at radius 2 is 2.23 bits per heavy atom. The summed E-state index contributed by atoms with van der Waals surface area (Å²) < 4.78 is 14.7. The SMILES string of the molecule is CN[C@@]1(C(=O)O)c2cc([C@H]3CCCN3)c(F)cc2C[C@@H]1CCCB(O)O. The van der Waals surface area contributed by atoms with Crippen molar-refractivity contribution in [2.45, 2.75) is 50.0 Å². The zero-order chi connectivity index (χ0) is 18.9. The van der Waals surface area contributed by atoms with Crippen molar-refractivity contribution in [2.24, 2.45) is 5.92 Å². The zero-order valence-electron chi connectivity index (χ0n) is 15.0. The Hall–Kier alpha value is -1.48. The molecule has 0 amide bonds. The van der Waals surface area contributed by atoms with Gasteiger partial charge < -0.3 is 25.8 Å². The van der Waals surface area contributed by atoms with Gasteiger partial charge in [-0.2, -0.15) is 0 Å². The summed E-state index contributed by atoms with van der Waals surface area (Å²) >= 11 is 0. The number of hydrogen-bond donors (Lipinski definition) is 5. The van der Waals surface area contributed by atoms with Crippen LogP contribution in [0.3, 0.4) is 0 Å². The van der Waals surface area contributed by atoms with Crippen molar-refractivity contribution in [3.8, 4) is 0 Å². The fourth-order valence-corrected chi connectivity index (χ4v) is 4.62. The van der Waals surface area contributed by atoms with Crippen molar-refractivity contribution in [1.29, 1.82) is 0 Å². The Labute approximate surface area is 153 Å². The molecule has 1 saturated heterocycles. The summed E-state index contributed by atoms with van der Waals surface area (Å²) in [6, 6.07) is 3.13. The lowest BCUT2D eigenvalue weighted by Crippen LogP contribution is -2.51. The van der Waals surface area contributed by atoms with Crippen LogP contribution in [0.4, 0.5) is 4.39 Å². The van der Waals surface area contributed by atoms with Crippen LogP contribution in [-0.2, 0) is 16.8 Å². The molecule has 5 N–H and O–H groups in total. The lowest BCUT2D eigenvalue weighted by molar-refractivity contribution is -0.147. The van der Waals surface area contributed by atoms with E-state index < -0.39 is 18.6 Å². The fraction of sp³-hybridized carbons (Fsp3) is 0.611. The van der Waals surface area contributed by atoms with Crippen LogP contribution < -0.4 is 10.6 Å². The number of likely N-dealkylation sites (N-methyl/N-ethyl adjacent to an activating group) is 1. The minimum Gasteiger partial charge on any atom is -0.480 e. The van der Waals surface area contributed by atoms with Crippen molar-refractivity contribution < 1.29 is 24.3 Å². The first-order valence-corrected chi connectivity index (χ1v) is 9.24. The van der Waals surface area contributed by atoms with E-state index in [0.717, 1.165) is 24.9 Å². The van der Waals surface area contributed by atoms with Crippen molar-refractivity contribution >= 4 is 13.1 Å². The number of nitrogens with one attached hydrogen (secondary N) is 2. The number of rotatable bonds is 7. The van der Waals surface area contributed by atoms with Gasteiger partial charge in [-0.05, 0) is 74.8 Å². The third-order valence-corrected chi connectivity index (χ3v) is 5.91. The number of hydrogen-bond acceptors (Lipinski definition) is 5. The zero-order valence-corrected chi connectivity index (χ0v) is 15.0. The Balaban J connectivity index is 1.97. The molecule has 0 radical (unpaired) electrons. The maximum Gasteiger partial charge on any atom is 0.451 e. The van der Waals surface area contributed by atoms with Crippen molar-refractivity contribution in [1.82, 2.24) is 10.6 Å². The summed E-state index contributed by atoms with van der Waals surface area (Å²) in [6.45, 7) is 0.837. The Morgan fingerprint density at radius 1 is 1.46 bits per heavy atom. The Morgan fingerprint density at radius 3 is 2.81 bits per heavy atom. The van der Waals surface area contributed by atoms with Crippen LogP contribution in [0.2, 0.25) is 6.32 Å². The summed E-state index contributed by atoms with van der Waals surface area (Å²) in [5, 5.41) is 34.4. The molecule has 3 atom stereocenters. The molecular weight excluding hydrogens is 338 g/mol. The van der Waals surface area contributed by atoms with Crippen LogP contribution in [0.5, 0.6) is 0 Å². The van der Waals surface area contributed by atoms with E-state index in [1.54, 1.807) is 13.1 Å². The molecule has 142 valence electrons. The number of carboxylic acids is 1. The highest BCUT2D eigenvalue weighted by Gasteiger charge is 2.52. The van der Waals surface area contributed by atoms with Gasteiger partial charge >= 0.3 is 13.1 Å². The van der Waals surface area contributed by atoms with Crippen molar-refractivity contribution in [3.05, 3.63) is 34.6 Å². The highest BCUT2D eigenvalue weighted by molar-refractivity contribution is 6.40. The van der Waals surface area contributed by atoms with Crippen LogP contribution in [-0.4, -0.2) is 41.8 Å². The minimum absolute atomic E-state index is 0.0766. The smallest absolute Gasteiger partial charge is 0.451 e. The van der Waals surface area contributed by atoms with E-state index in [1.165, 1.54) is 6.07 Å². The predicted molar refractivity (Wildman–Crippen MR) is 96.2 cm³/mol. The van der Waals surface area contributed by atoms with Gasteiger partial charge in [-0.25, -0.2) is 9.18 Å². The molecular formula is C18H26BFN2O4. The lowest BCUT2D eigenvalue weighted by Gasteiger charge is -2.32. The number of carboxylic acid groups (broad SMARTS) is 1. The molecule has 26 heavy (non-hydrogen) atoms. The molecule has 1 aliphatic heterocycles. The Bertz CT molecular complexity index is 681. The second-order valence-electron chi connectivity index (χ2n) is 7.36. The highest BCUT2D eigenvalue weighted by atomic mass is 19.1. The van der Waals surface area contributed by atoms with E-state index in [9.17, 15) is 14.3 Å². The molecule has 1 aromatic carbocycles. The van der Waals surface area contributed by atoms with Crippen LogP contribution >= 0.6 is 0 Å². The summed E-state index contributed by atoms with van der Waals surface area (Å²) in [4.78, 5) is 12.3. The summed E-state index contributed by atoms with van der Waals surface area (Å²) in [7, 11) is 0.221. The summed E-state index contributed by atoms with van der Waals surface area (Å²) in [5.41, 5.74) is 0.604. The van der Waals surface area contributed by atoms with E-state index >= 15 is 0 Å². The van der Waals surface area contributed by atoms with Crippen LogP contribution in [0, 0.1) is 11.7 Å². The van der Waals surface area contributed by atoms with E-state index in [1.807, 2.05) is 0 Å². The molecule has 1 aromatic rings. The first-order valence-electron chi connectivity index (χ1n) is 9.24. The second kappa shape index (κ2) is 7.64. The predicted octanol–water partition coefficient (Wildman–Crippen LogP) is 1.17. The summed E-state index contributed by atoms with van der Waals surface area (Å²) in [6.07, 6.45) is 3.47. The monoisotopic (exact) mass is 364 g/mol. The van der Waals surface area contributed by atoms with Gasteiger partial charge in [0.15, 0.2) is 0 Å². The third-order valence-electron chi connectivity index (χ3n) is 5.91. The molecule has 0 unspecified atom stereocenters. The molecule has 0 aromatic heterocycles. The van der Waals surface area contributed by atoms with Gasteiger partial charge in [0.05, 0.1) is 0 Å². The average Bonchev–Trinajstić information content (AvgIpc) is 3.19. The number of aliphatic carboxylic acids is 1. The molecule has 1 fully saturated rings. The molecule has 2 aliphatic rings.